The minimum atomic E-state index is -0.184. The van der Waals surface area contributed by atoms with Gasteiger partial charge in [-0.1, -0.05) is 12.2 Å². The molecule has 29 heavy (non-hydrogen) atoms. The van der Waals surface area contributed by atoms with Gasteiger partial charge in [0.1, 0.15) is 11.9 Å². The summed E-state index contributed by atoms with van der Waals surface area (Å²) in [5.41, 5.74) is 3.86. The first-order valence-electron chi connectivity index (χ1n) is 10.7. The molecule has 6 nitrogen and oxygen atoms in total. The highest BCUT2D eigenvalue weighted by molar-refractivity contribution is 5.92. The maximum Gasteiger partial charge on any atom is 0.410 e. The van der Waals surface area contributed by atoms with Crippen LogP contribution in [0.15, 0.2) is 28.4 Å². The van der Waals surface area contributed by atoms with Gasteiger partial charge >= 0.3 is 6.09 Å². The minimum absolute atomic E-state index is 0.129. The zero-order valence-corrected chi connectivity index (χ0v) is 16.4. The molecule has 0 radical (unpaired) electrons. The highest BCUT2D eigenvalue weighted by atomic mass is 16.6. The zero-order chi connectivity index (χ0) is 19.8. The topological polar surface area (TPSA) is 71.8 Å². The maximum atomic E-state index is 12.4. The zero-order valence-electron chi connectivity index (χ0n) is 16.4. The van der Waals surface area contributed by atoms with E-state index in [1.54, 1.807) is 18.2 Å². The molecule has 1 unspecified atom stereocenters. The number of hydrogen-bond acceptors (Lipinski definition) is 4. The van der Waals surface area contributed by atoms with Gasteiger partial charge in [0.15, 0.2) is 5.76 Å². The lowest BCUT2D eigenvalue weighted by Gasteiger charge is -2.22. The van der Waals surface area contributed by atoms with Crippen LogP contribution in [0.5, 0.6) is 0 Å². The van der Waals surface area contributed by atoms with Crippen molar-refractivity contribution in [3.63, 3.8) is 0 Å². The molecule has 1 saturated heterocycles. The van der Waals surface area contributed by atoms with Crippen molar-refractivity contribution < 1.29 is 18.7 Å². The summed E-state index contributed by atoms with van der Waals surface area (Å²) in [6.07, 6.45) is 12.6. The summed E-state index contributed by atoms with van der Waals surface area (Å²) in [6, 6.07) is 1.76. The SMILES string of the molecule is O=C(NCCC1[C@H]2CN(C(=O)OC3CCCC3)C[C@@H]12)c1cc2c(o1)C=C=CC=C2. The third kappa shape index (κ3) is 3.77. The lowest BCUT2D eigenvalue weighted by atomic mass is 10.2. The normalized spacial score (nSPS) is 26.9. The second-order valence-electron chi connectivity index (χ2n) is 8.50. The number of hydrogen-bond donors (Lipinski definition) is 1. The fraction of sp³-hybridized carbons (Fsp3) is 0.522. The molecule has 2 heterocycles. The summed E-state index contributed by atoms with van der Waals surface area (Å²) in [4.78, 5) is 26.5. The summed E-state index contributed by atoms with van der Waals surface area (Å²) < 4.78 is 11.2. The van der Waals surface area contributed by atoms with Crippen LogP contribution in [0.25, 0.3) is 12.2 Å². The average Bonchev–Trinajstić information content (AvgIpc) is 3.15. The summed E-state index contributed by atoms with van der Waals surface area (Å²) in [7, 11) is 0. The molecule has 0 bridgehead atoms. The van der Waals surface area contributed by atoms with Crippen LogP contribution in [0.3, 0.4) is 0 Å². The summed E-state index contributed by atoms with van der Waals surface area (Å²) in [5.74, 6) is 2.51. The minimum Gasteiger partial charge on any atom is -0.450 e. The number of allylic oxidation sites excluding steroid dienone is 2. The number of nitrogens with one attached hydrogen (secondary N) is 1. The van der Waals surface area contributed by atoms with E-state index >= 15 is 0 Å². The Hall–Kier alpha value is -2.72. The second kappa shape index (κ2) is 7.60. The van der Waals surface area contributed by atoms with E-state index in [1.807, 2.05) is 17.1 Å². The van der Waals surface area contributed by atoms with Gasteiger partial charge in [0.2, 0.25) is 0 Å². The third-order valence-electron chi connectivity index (χ3n) is 6.66. The Morgan fingerprint density at radius 2 is 2.03 bits per heavy atom. The molecular weight excluding hydrogens is 368 g/mol. The Bertz CT molecular complexity index is 890. The second-order valence-corrected chi connectivity index (χ2v) is 8.50. The van der Waals surface area contributed by atoms with Gasteiger partial charge in [-0.2, -0.15) is 0 Å². The van der Waals surface area contributed by atoms with Crippen LogP contribution < -0.4 is 5.32 Å². The molecule has 1 aromatic rings. The molecule has 3 aliphatic carbocycles. The molecule has 2 saturated carbocycles. The predicted molar refractivity (Wildman–Crippen MR) is 108 cm³/mol. The van der Waals surface area contributed by atoms with Crippen LogP contribution in [0, 0.1) is 17.8 Å². The molecule has 1 N–H and O–H groups in total. The molecular formula is C23H26N2O4. The van der Waals surface area contributed by atoms with Crippen molar-refractivity contribution in [1.82, 2.24) is 10.2 Å². The van der Waals surface area contributed by atoms with E-state index in [1.165, 1.54) is 12.8 Å². The number of ether oxygens (including phenoxy) is 1. The Kier molecular flexibility index (Phi) is 4.80. The van der Waals surface area contributed by atoms with Crippen molar-refractivity contribution in [1.29, 1.82) is 0 Å². The number of likely N-dealkylation sites (tertiary alicyclic amines) is 1. The van der Waals surface area contributed by atoms with Crippen LogP contribution >= 0.6 is 0 Å². The van der Waals surface area contributed by atoms with Gasteiger partial charge in [0.25, 0.3) is 5.91 Å². The Morgan fingerprint density at radius 3 is 2.83 bits per heavy atom. The third-order valence-corrected chi connectivity index (χ3v) is 6.66. The van der Waals surface area contributed by atoms with E-state index in [9.17, 15) is 9.59 Å². The fourth-order valence-electron chi connectivity index (χ4n) is 4.99. The highest BCUT2D eigenvalue weighted by Gasteiger charge is 2.56. The Morgan fingerprint density at radius 1 is 1.24 bits per heavy atom. The first-order chi connectivity index (χ1) is 14.2. The van der Waals surface area contributed by atoms with Crippen LogP contribution in [0.1, 0.15) is 54.0 Å². The predicted octanol–water partition coefficient (Wildman–Crippen LogP) is 3.85. The molecule has 0 aromatic carbocycles. The van der Waals surface area contributed by atoms with E-state index in [4.69, 9.17) is 9.15 Å². The Labute approximate surface area is 170 Å². The van der Waals surface area contributed by atoms with Crippen LogP contribution in [0.2, 0.25) is 0 Å². The van der Waals surface area contributed by atoms with Crippen molar-refractivity contribution in [3.05, 3.63) is 41.0 Å². The lowest BCUT2D eigenvalue weighted by molar-refractivity contribution is 0.0673. The number of amides is 2. The van der Waals surface area contributed by atoms with Crippen LogP contribution in [-0.2, 0) is 4.74 Å². The molecule has 5 rings (SSSR count). The van der Waals surface area contributed by atoms with Crippen molar-refractivity contribution >= 4 is 24.2 Å². The summed E-state index contributed by atoms with van der Waals surface area (Å²) in [6.45, 7) is 2.22. The van der Waals surface area contributed by atoms with Crippen molar-refractivity contribution in [2.24, 2.45) is 17.8 Å². The maximum absolute atomic E-state index is 12.4. The van der Waals surface area contributed by atoms with E-state index in [2.05, 4.69) is 11.0 Å². The first kappa shape index (κ1) is 18.3. The van der Waals surface area contributed by atoms with E-state index in [0.29, 0.717) is 35.8 Å². The molecule has 3 fully saturated rings. The van der Waals surface area contributed by atoms with Gasteiger partial charge < -0.3 is 19.4 Å². The fourth-order valence-corrected chi connectivity index (χ4v) is 4.99. The van der Waals surface area contributed by atoms with Gasteiger partial charge in [-0.05, 0) is 62.0 Å². The van der Waals surface area contributed by atoms with Gasteiger partial charge in [0, 0.05) is 31.3 Å². The summed E-state index contributed by atoms with van der Waals surface area (Å²) in [5, 5.41) is 2.96. The largest absolute Gasteiger partial charge is 0.450 e. The number of piperidine rings is 1. The van der Waals surface area contributed by atoms with Gasteiger partial charge in [-0.3, -0.25) is 4.79 Å². The molecule has 2 amide bonds. The van der Waals surface area contributed by atoms with Crippen molar-refractivity contribution in [2.45, 2.75) is 38.2 Å². The Balaban J connectivity index is 1.04. The van der Waals surface area contributed by atoms with Gasteiger partial charge in [-0.15, -0.1) is 5.73 Å². The van der Waals surface area contributed by atoms with Gasteiger partial charge in [0.05, 0.1) is 0 Å². The molecule has 3 atom stereocenters. The molecule has 0 spiro atoms. The number of carbonyl (C=O) groups is 2. The smallest absolute Gasteiger partial charge is 0.410 e. The first-order valence-corrected chi connectivity index (χ1v) is 10.7. The number of nitrogens with zero attached hydrogens (tertiary/aromatic N) is 1. The van der Waals surface area contributed by atoms with E-state index < -0.39 is 0 Å². The van der Waals surface area contributed by atoms with E-state index in [-0.39, 0.29) is 18.1 Å². The molecule has 1 aliphatic heterocycles. The number of fused-ring (bicyclic) bond motifs is 2. The summed E-state index contributed by atoms with van der Waals surface area (Å²) >= 11 is 0. The number of carbonyl (C=O) groups excluding carboxylic acids is 2. The monoisotopic (exact) mass is 394 g/mol. The van der Waals surface area contributed by atoms with Crippen molar-refractivity contribution in [3.8, 4) is 0 Å². The standard InChI is InChI=1S/C23H26N2O4/c26-22(21-12-15-6-2-1-3-9-20(15)29-21)24-11-10-17-18-13-25(14-19(17)18)23(27)28-16-7-4-5-8-16/h1-2,6,9,12,16-19H,4-5,7-8,10-11,13-14H2,(H,24,26)/t17?,18-,19+. The number of rotatable bonds is 5. The van der Waals surface area contributed by atoms with Gasteiger partial charge in [-0.25, -0.2) is 4.79 Å². The molecule has 6 heteroatoms. The number of furan rings is 1. The van der Waals surface area contributed by atoms with Crippen molar-refractivity contribution in [2.75, 3.05) is 19.6 Å². The average molecular weight is 394 g/mol. The van der Waals surface area contributed by atoms with Crippen LogP contribution in [-0.4, -0.2) is 42.6 Å². The molecule has 4 aliphatic rings. The highest BCUT2D eigenvalue weighted by Crippen LogP contribution is 2.53. The quantitative estimate of drug-likeness (QED) is 0.770. The molecule has 152 valence electrons. The lowest BCUT2D eigenvalue weighted by Crippen LogP contribution is -2.34. The molecule has 1 aromatic heterocycles. The van der Waals surface area contributed by atoms with E-state index in [0.717, 1.165) is 37.9 Å². The van der Waals surface area contributed by atoms with Crippen LogP contribution in [0.4, 0.5) is 4.79 Å².